The fourth-order valence-corrected chi connectivity index (χ4v) is 4.98. The number of fused-ring (bicyclic) bond motifs is 3. The molecule has 2 heterocycles. The molecule has 7 nitrogen and oxygen atoms in total. The first kappa shape index (κ1) is 22.9. The van der Waals surface area contributed by atoms with Gasteiger partial charge in [0.25, 0.3) is 5.56 Å². The Kier molecular flexibility index (Phi) is 6.13. The summed E-state index contributed by atoms with van der Waals surface area (Å²) in [6.07, 6.45) is 0. The van der Waals surface area contributed by atoms with Crippen molar-refractivity contribution < 1.29 is 4.79 Å². The predicted molar refractivity (Wildman–Crippen MR) is 139 cm³/mol. The number of aromatic nitrogens is 4. The highest BCUT2D eigenvalue weighted by molar-refractivity contribution is 7.99. The molecule has 5 aromatic rings. The molecule has 0 fully saturated rings. The molecular formula is C27H25N5O2S. The van der Waals surface area contributed by atoms with Gasteiger partial charge in [-0.25, -0.2) is 4.57 Å². The van der Waals surface area contributed by atoms with Gasteiger partial charge in [-0.3, -0.25) is 14.0 Å². The highest BCUT2D eigenvalue weighted by Crippen LogP contribution is 2.24. The average Bonchev–Trinajstić information content (AvgIpc) is 3.29. The van der Waals surface area contributed by atoms with Crippen molar-refractivity contribution in [1.82, 2.24) is 24.1 Å². The van der Waals surface area contributed by atoms with Crippen LogP contribution in [0.25, 0.3) is 22.4 Å². The highest BCUT2D eigenvalue weighted by atomic mass is 32.2. The van der Waals surface area contributed by atoms with Crippen LogP contribution in [0, 0.1) is 13.8 Å². The lowest BCUT2D eigenvalue weighted by Crippen LogP contribution is -2.28. The summed E-state index contributed by atoms with van der Waals surface area (Å²) in [5.74, 6) is 0.621. The summed E-state index contributed by atoms with van der Waals surface area (Å²) in [7, 11) is 1.80. The molecule has 0 radical (unpaired) electrons. The molecule has 0 aliphatic heterocycles. The molecule has 0 atom stereocenters. The van der Waals surface area contributed by atoms with E-state index in [2.05, 4.69) is 10.2 Å². The van der Waals surface area contributed by atoms with Crippen LogP contribution in [0.5, 0.6) is 0 Å². The standard InChI is InChI=1S/C27H25N5O2S/c1-18-12-14-20(15-13-18)16-30(3)24(33)17-35-27-29-28-26-31(22-10-6-4-8-19(22)2)25(34)21-9-5-7-11-23(21)32(26)27/h4-15H,16-17H2,1-3H3. The van der Waals surface area contributed by atoms with Gasteiger partial charge in [-0.2, -0.15) is 0 Å². The number of thioether (sulfide) groups is 1. The maximum Gasteiger partial charge on any atom is 0.267 e. The zero-order chi connectivity index (χ0) is 24.5. The average molecular weight is 484 g/mol. The molecule has 2 aromatic heterocycles. The summed E-state index contributed by atoms with van der Waals surface area (Å²) in [5.41, 5.74) is 4.54. The Labute approximate surface area is 207 Å². The monoisotopic (exact) mass is 483 g/mol. The number of aryl methyl sites for hydroxylation is 2. The topological polar surface area (TPSA) is 72.5 Å². The summed E-state index contributed by atoms with van der Waals surface area (Å²) in [6, 6.07) is 23.3. The quantitative estimate of drug-likeness (QED) is 0.335. The molecule has 176 valence electrons. The maximum atomic E-state index is 13.5. The van der Waals surface area contributed by atoms with Crippen LogP contribution in [0.1, 0.15) is 16.7 Å². The van der Waals surface area contributed by atoms with Crippen molar-refractivity contribution in [3.8, 4) is 5.69 Å². The van der Waals surface area contributed by atoms with Crippen molar-refractivity contribution in [2.75, 3.05) is 12.8 Å². The Hall–Kier alpha value is -3.91. The van der Waals surface area contributed by atoms with Gasteiger partial charge in [-0.15, -0.1) is 10.2 Å². The molecule has 0 bridgehead atoms. The molecule has 0 N–H and O–H groups in total. The lowest BCUT2D eigenvalue weighted by molar-refractivity contribution is -0.127. The summed E-state index contributed by atoms with van der Waals surface area (Å²) >= 11 is 1.32. The number of benzene rings is 3. The van der Waals surface area contributed by atoms with Crippen LogP contribution < -0.4 is 5.56 Å². The first-order chi connectivity index (χ1) is 16.9. The van der Waals surface area contributed by atoms with Crippen LogP contribution in [0.15, 0.2) is 82.7 Å². The molecule has 0 aliphatic rings. The van der Waals surface area contributed by atoms with Crippen LogP contribution in [0.4, 0.5) is 0 Å². The molecule has 3 aromatic carbocycles. The molecule has 0 spiro atoms. The molecule has 5 rings (SSSR count). The number of para-hydroxylation sites is 2. The van der Waals surface area contributed by atoms with Crippen LogP contribution in [-0.2, 0) is 11.3 Å². The zero-order valence-corrected chi connectivity index (χ0v) is 20.6. The summed E-state index contributed by atoms with van der Waals surface area (Å²) in [6.45, 7) is 4.54. The van der Waals surface area contributed by atoms with Crippen molar-refractivity contribution in [2.24, 2.45) is 0 Å². The molecule has 35 heavy (non-hydrogen) atoms. The Morgan fingerprint density at radius 3 is 2.43 bits per heavy atom. The number of hydrogen-bond acceptors (Lipinski definition) is 5. The number of hydrogen-bond donors (Lipinski definition) is 0. The lowest BCUT2D eigenvalue weighted by Gasteiger charge is -2.17. The normalized spacial score (nSPS) is 11.3. The Morgan fingerprint density at radius 1 is 0.943 bits per heavy atom. The van der Waals surface area contributed by atoms with Crippen molar-refractivity contribution in [3.63, 3.8) is 0 Å². The van der Waals surface area contributed by atoms with E-state index in [0.29, 0.717) is 28.4 Å². The fourth-order valence-electron chi connectivity index (χ4n) is 4.10. The van der Waals surface area contributed by atoms with E-state index in [1.807, 2.05) is 85.0 Å². The molecule has 8 heteroatoms. The second-order valence-corrected chi connectivity index (χ2v) is 9.53. The summed E-state index contributed by atoms with van der Waals surface area (Å²) in [4.78, 5) is 28.1. The van der Waals surface area contributed by atoms with Gasteiger partial charge in [0.1, 0.15) is 0 Å². The number of nitrogens with zero attached hydrogens (tertiary/aromatic N) is 5. The van der Waals surface area contributed by atoms with E-state index in [4.69, 9.17) is 0 Å². The molecular weight excluding hydrogens is 458 g/mol. The van der Waals surface area contributed by atoms with Crippen molar-refractivity contribution in [3.05, 3.63) is 99.8 Å². The van der Waals surface area contributed by atoms with E-state index in [1.54, 1.807) is 22.6 Å². The largest absolute Gasteiger partial charge is 0.341 e. The fraction of sp³-hybridized carbons (Fsp3) is 0.185. The van der Waals surface area contributed by atoms with Crippen LogP contribution in [0.3, 0.4) is 0 Å². The van der Waals surface area contributed by atoms with Crippen LogP contribution in [0.2, 0.25) is 0 Å². The number of rotatable bonds is 6. The van der Waals surface area contributed by atoms with Gasteiger partial charge in [0.2, 0.25) is 11.7 Å². The molecule has 1 amide bonds. The van der Waals surface area contributed by atoms with Gasteiger partial charge >= 0.3 is 0 Å². The Balaban J connectivity index is 1.50. The van der Waals surface area contributed by atoms with E-state index in [-0.39, 0.29) is 17.2 Å². The molecule has 0 aliphatic carbocycles. The van der Waals surface area contributed by atoms with Gasteiger partial charge in [0.05, 0.1) is 22.3 Å². The Morgan fingerprint density at radius 2 is 1.66 bits per heavy atom. The minimum atomic E-state index is -0.153. The predicted octanol–water partition coefficient (Wildman–Crippen LogP) is 4.40. The third-order valence-electron chi connectivity index (χ3n) is 6.04. The minimum Gasteiger partial charge on any atom is -0.341 e. The molecule has 0 unspecified atom stereocenters. The highest BCUT2D eigenvalue weighted by Gasteiger charge is 2.20. The first-order valence-electron chi connectivity index (χ1n) is 11.3. The van der Waals surface area contributed by atoms with E-state index in [0.717, 1.165) is 16.8 Å². The maximum absolute atomic E-state index is 13.5. The Bertz CT molecular complexity index is 1600. The van der Waals surface area contributed by atoms with Crippen LogP contribution in [-0.4, -0.2) is 42.8 Å². The molecule has 0 saturated carbocycles. The van der Waals surface area contributed by atoms with Crippen molar-refractivity contribution in [2.45, 2.75) is 25.5 Å². The van der Waals surface area contributed by atoms with Gasteiger partial charge in [0.15, 0.2) is 5.16 Å². The zero-order valence-electron chi connectivity index (χ0n) is 19.8. The smallest absolute Gasteiger partial charge is 0.267 e. The third kappa shape index (κ3) is 4.33. The number of carbonyl (C=O) groups is 1. The van der Waals surface area contributed by atoms with Crippen LogP contribution >= 0.6 is 11.8 Å². The number of carbonyl (C=O) groups excluding carboxylic acids is 1. The van der Waals surface area contributed by atoms with Crippen molar-refractivity contribution >= 4 is 34.3 Å². The van der Waals surface area contributed by atoms with E-state index < -0.39 is 0 Å². The summed E-state index contributed by atoms with van der Waals surface area (Å²) in [5, 5.41) is 9.88. The van der Waals surface area contributed by atoms with Gasteiger partial charge in [-0.1, -0.05) is 71.9 Å². The lowest BCUT2D eigenvalue weighted by atomic mass is 10.1. The van der Waals surface area contributed by atoms with Gasteiger partial charge < -0.3 is 4.90 Å². The second kappa shape index (κ2) is 9.38. The second-order valence-electron chi connectivity index (χ2n) is 8.59. The molecule has 0 saturated heterocycles. The number of amides is 1. The third-order valence-corrected chi connectivity index (χ3v) is 6.96. The van der Waals surface area contributed by atoms with Gasteiger partial charge in [-0.05, 0) is 43.2 Å². The minimum absolute atomic E-state index is 0.0103. The van der Waals surface area contributed by atoms with Gasteiger partial charge in [0, 0.05) is 13.6 Å². The first-order valence-corrected chi connectivity index (χ1v) is 12.3. The van der Waals surface area contributed by atoms with E-state index in [1.165, 1.54) is 17.3 Å². The van der Waals surface area contributed by atoms with E-state index >= 15 is 0 Å². The van der Waals surface area contributed by atoms with Crippen molar-refractivity contribution in [1.29, 1.82) is 0 Å². The summed E-state index contributed by atoms with van der Waals surface area (Å²) < 4.78 is 3.46. The van der Waals surface area contributed by atoms with E-state index in [9.17, 15) is 9.59 Å². The SMILES string of the molecule is Cc1ccc(CN(C)C(=O)CSc2nnc3n(-c4ccccc4C)c(=O)c4ccccc4n23)cc1.